The summed E-state index contributed by atoms with van der Waals surface area (Å²) in [7, 11) is 0. The van der Waals surface area contributed by atoms with E-state index in [0.717, 1.165) is 0 Å². The number of fused-ring (bicyclic) bond motifs is 2. The van der Waals surface area contributed by atoms with Gasteiger partial charge in [-0.2, -0.15) is 0 Å². The number of nitrogen functional groups attached to an aromatic ring is 1. The second-order valence-electron chi connectivity index (χ2n) is 6.61. The first-order valence-corrected chi connectivity index (χ1v) is 9.33. The number of carbonyl (C=O) groups is 1. The van der Waals surface area contributed by atoms with Gasteiger partial charge in [-0.15, -0.1) is 0 Å². The van der Waals surface area contributed by atoms with Crippen LogP contribution < -0.4 is 11.1 Å². The number of hydrogen-bond acceptors (Lipinski definition) is 8. The molecule has 2 fully saturated rings. The first-order chi connectivity index (χ1) is 12.3. The van der Waals surface area contributed by atoms with Crippen molar-refractivity contribution in [1.29, 1.82) is 0 Å². The minimum absolute atomic E-state index is 0.237. The Bertz CT molecular complexity index is 871. The van der Waals surface area contributed by atoms with Gasteiger partial charge < -0.3 is 25.3 Å². The van der Waals surface area contributed by atoms with Gasteiger partial charge in [-0.25, -0.2) is 15.0 Å². The van der Waals surface area contributed by atoms with Crippen LogP contribution in [0, 0.1) is 3.83 Å². The highest BCUT2D eigenvalue weighted by molar-refractivity contribution is 14.1. The first-order valence-electron chi connectivity index (χ1n) is 8.25. The van der Waals surface area contributed by atoms with Crippen LogP contribution in [0.1, 0.15) is 27.0 Å². The van der Waals surface area contributed by atoms with Crippen LogP contribution in [0.4, 0.5) is 5.82 Å². The number of carbonyl (C=O) groups excluding carboxylic acids is 1. The molecule has 2 saturated heterocycles. The van der Waals surface area contributed by atoms with Crippen molar-refractivity contribution in [3.05, 3.63) is 10.2 Å². The number of aromatic nitrogens is 4. The number of ether oxygens (including phenoxy) is 3. The molecule has 2 aliphatic heterocycles. The predicted octanol–water partition coefficient (Wildman–Crippen LogP) is 0.567. The molecule has 0 aliphatic carbocycles. The molecule has 4 rings (SSSR count). The van der Waals surface area contributed by atoms with Crippen molar-refractivity contribution >= 4 is 45.5 Å². The molecule has 11 heteroatoms. The average Bonchev–Trinajstić information content (AvgIpc) is 3.18. The molecular formula is C15H19IN6O4. The summed E-state index contributed by atoms with van der Waals surface area (Å²) in [6, 6.07) is 0. The summed E-state index contributed by atoms with van der Waals surface area (Å²) >= 11 is 1.99. The largest absolute Gasteiger partial charge is 0.382 e. The number of nitrogens with zero attached hydrogens (tertiary/aromatic N) is 4. The molecule has 1 amide bonds. The number of amides is 1. The lowest BCUT2D eigenvalue weighted by atomic mass is 10.1. The topological polar surface area (TPSA) is 126 Å². The molecule has 3 N–H and O–H groups in total. The summed E-state index contributed by atoms with van der Waals surface area (Å²) < 4.78 is 20.2. The van der Waals surface area contributed by atoms with E-state index in [0.29, 0.717) is 21.5 Å². The van der Waals surface area contributed by atoms with Gasteiger partial charge in [0.15, 0.2) is 33.4 Å². The fraction of sp³-hybridized carbons (Fsp3) is 0.600. The number of hydrogen-bond donors (Lipinski definition) is 2. The third kappa shape index (κ3) is 2.82. The fourth-order valence-electron chi connectivity index (χ4n) is 3.38. The van der Waals surface area contributed by atoms with E-state index in [1.807, 2.05) is 43.4 Å². The highest BCUT2D eigenvalue weighted by Gasteiger charge is 2.58. The Balaban J connectivity index is 1.76. The fourth-order valence-corrected chi connectivity index (χ4v) is 3.87. The van der Waals surface area contributed by atoms with Crippen LogP contribution in [0.2, 0.25) is 0 Å². The van der Waals surface area contributed by atoms with Crippen LogP contribution in [0.3, 0.4) is 0 Å². The van der Waals surface area contributed by atoms with E-state index in [4.69, 9.17) is 19.9 Å². The highest BCUT2D eigenvalue weighted by atomic mass is 127. The molecule has 0 aromatic carbocycles. The number of halogens is 1. The lowest BCUT2D eigenvalue weighted by Crippen LogP contribution is -2.42. The van der Waals surface area contributed by atoms with Crippen LogP contribution in [-0.4, -0.2) is 56.1 Å². The lowest BCUT2D eigenvalue weighted by Gasteiger charge is -2.24. The molecule has 2 aromatic heterocycles. The molecular weight excluding hydrogens is 455 g/mol. The zero-order chi connectivity index (χ0) is 18.6. The molecule has 26 heavy (non-hydrogen) atoms. The maximum atomic E-state index is 12.4. The standard InChI is InChI=1S/C15H19IN6O4/c1-4-18-12(23)8-7-9(26-15(2,3)25-7)13(24-8)22-5-19-6-10(17)20-14(16)21-11(6)22/h5,7-9,13H,4H2,1-3H3,(H,18,23)(H2,17,20,21). The third-order valence-electron chi connectivity index (χ3n) is 4.33. The molecule has 10 nitrogen and oxygen atoms in total. The van der Waals surface area contributed by atoms with Crippen molar-refractivity contribution < 1.29 is 19.0 Å². The second-order valence-corrected chi connectivity index (χ2v) is 7.57. The maximum absolute atomic E-state index is 12.4. The summed E-state index contributed by atoms with van der Waals surface area (Å²) in [5, 5.41) is 2.78. The highest BCUT2D eigenvalue weighted by Crippen LogP contribution is 2.43. The van der Waals surface area contributed by atoms with Crippen LogP contribution in [0.5, 0.6) is 0 Å². The Labute approximate surface area is 162 Å². The number of nitrogens with one attached hydrogen (secondary N) is 1. The van der Waals surface area contributed by atoms with Gasteiger partial charge >= 0.3 is 0 Å². The van der Waals surface area contributed by atoms with Gasteiger partial charge in [0.05, 0.1) is 6.33 Å². The Hall–Kier alpha value is -1.57. The molecule has 140 valence electrons. The number of nitrogens with two attached hydrogens (primary N) is 1. The minimum atomic E-state index is -0.819. The minimum Gasteiger partial charge on any atom is -0.382 e. The normalized spacial score (nSPS) is 29.8. The first kappa shape index (κ1) is 17.8. The van der Waals surface area contributed by atoms with Crippen molar-refractivity contribution in [3.8, 4) is 0 Å². The Morgan fingerprint density at radius 2 is 2.12 bits per heavy atom. The van der Waals surface area contributed by atoms with E-state index in [2.05, 4.69) is 20.3 Å². The van der Waals surface area contributed by atoms with E-state index in [-0.39, 0.29) is 11.7 Å². The van der Waals surface area contributed by atoms with Gasteiger partial charge in [0.25, 0.3) is 5.91 Å². The van der Waals surface area contributed by atoms with Crippen molar-refractivity contribution in [2.24, 2.45) is 0 Å². The van der Waals surface area contributed by atoms with Gasteiger partial charge in [-0.3, -0.25) is 9.36 Å². The van der Waals surface area contributed by atoms with Crippen LogP contribution in [0.25, 0.3) is 11.2 Å². The second kappa shape index (κ2) is 6.25. The van der Waals surface area contributed by atoms with Gasteiger partial charge in [0, 0.05) is 29.1 Å². The maximum Gasteiger partial charge on any atom is 0.252 e. The average molecular weight is 474 g/mol. The molecule has 4 heterocycles. The molecule has 0 spiro atoms. The summed E-state index contributed by atoms with van der Waals surface area (Å²) in [4.78, 5) is 25.3. The van der Waals surface area contributed by atoms with E-state index >= 15 is 0 Å². The van der Waals surface area contributed by atoms with E-state index in [1.54, 1.807) is 10.9 Å². The SMILES string of the molecule is CCNC(=O)C1OC(n2cnc3c(N)nc(I)nc32)C2OC(C)(C)OC12. The van der Waals surface area contributed by atoms with Crippen LogP contribution >= 0.6 is 22.6 Å². The van der Waals surface area contributed by atoms with Gasteiger partial charge in [-0.05, 0) is 20.8 Å². The molecule has 4 unspecified atom stereocenters. The molecule has 0 saturated carbocycles. The number of anilines is 1. The quantitative estimate of drug-likeness (QED) is 0.489. The zero-order valence-corrected chi connectivity index (χ0v) is 16.6. The predicted molar refractivity (Wildman–Crippen MR) is 98.9 cm³/mol. The molecule has 2 aromatic rings. The number of imidazole rings is 1. The van der Waals surface area contributed by atoms with Crippen LogP contribution in [0.15, 0.2) is 6.33 Å². The van der Waals surface area contributed by atoms with Crippen molar-refractivity contribution in [3.63, 3.8) is 0 Å². The summed E-state index contributed by atoms with van der Waals surface area (Å²) in [5.74, 6) is -0.766. The molecule has 2 aliphatic rings. The molecule has 0 bridgehead atoms. The zero-order valence-electron chi connectivity index (χ0n) is 14.5. The Morgan fingerprint density at radius 3 is 2.85 bits per heavy atom. The number of rotatable bonds is 3. The lowest BCUT2D eigenvalue weighted by molar-refractivity contribution is -0.197. The Kier molecular flexibility index (Phi) is 4.28. The van der Waals surface area contributed by atoms with Crippen molar-refractivity contribution in [1.82, 2.24) is 24.8 Å². The van der Waals surface area contributed by atoms with Gasteiger partial charge in [0.1, 0.15) is 17.7 Å². The summed E-state index contributed by atoms with van der Waals surface area (Å²) in [6.45, 7) is 5.97. The summed E-state index contributed by atoms with van der Waals surface area (Å²) in [5.41, 5.74) is 6.94. The van der Waals surface area contributed by atoms with Crippen LogP contribution in [-0.2, 0) is 19.0 Å². The third-order valence-corrected chi connectivity index (χ3v) is 4.82. The number of likely N-dealkylation sites (N-methyl/N-ethyl adjacent to an activating group) is 1. The molecule has 0 radical (unpaired) electrons. The van der Waals surface area contributed by atoms with E-state index in [1.165, 1.54) is 0 Å². The smallest absolute Gasteiger partial charge is 0.252 e. The van der Waals surface area contributed by atoms with Crippen molar-refractivity contribution in [2.75, 3.05) is 12.3 Å². The summed E-state index contributed by atoms with van der Waals surface area (Å²) in [6.07, 6.45) is -0.851. The van der Waals surface area contributed by atoms with E-state index in [9.17, 15) is 4.79 Å². The molecule has 4 atom stereocenters. The van der Waals surface area contributed by atoms with Crippen molar-refractivity contribution in [2.45, 2.75) is 51.1 Å². The Morgan fingerprint density at radius 1 is 1.38 bits per heavy atom. The monoisotopic (exact) mass is 474 g/mol. The van der Waals surface area contributed by atoms with E-state index < -0.39 is 30.3 Å². The van der Waals surface area contributed by atoms with Gasteiger partial charge in [-0.1, -0.05) is 0 Å². The van der Waals surface area contributed by atoms with Gasteiger partial charge in [0.2, 0.25) is 0 Å².